The maximum absolute atomic E-state index is 12.6. The topological polar surface area (TPSA) is 137 Å². The number of H-pyrrole nitrogens is 1. The largest absolute Gasteiger partial charge is 0.707 e. The highest BCUT2D eigenvalue weighted by Crippen LogP contribution is 2.27. The van der Waals surface area contributed by atoms with Crippen molar-refractivity contribution in [3.05, 3.63) is 77.1 Å². The van der Waals surface area contributed by atoms with Gasteiger partial charge in [0.15, 0.2) is 0 Å². The Morgan fingerprint density at radius 1 is 1.19 bits per heavy atom. The highest BCUT2D eigenvalue weighted by atomic mass is 16.6. The predicted molar refractivity (Wildman–Crippen MR) is 113 cm³/mol. The normalized spacial score (nSPS) is 15.4. The number of carbonyl (C=O) groups is 2. The van der Waals surface area contributed by atoms with Gasteiger partial charge in [-0.25, -0.2) is 0 Å². The standard InChI is InChI=1S/C21H21BN4O5/c27-20-17(9-7-14-6-8-16(31-22(29)30)12-18(14)24-20)23-21(28)19-11-15(25-26-19)10-13-4-2-1-3-5-13/h1-6,8,11-12,17,29-30H,7,9-10H2,(H,23,28)(H,24,27)(H,25,26)/t17-/m0/s1. The van der Waals surface area contributed by atoms with E-state index < -0.39 is 19.3 Å². The van der Waals surface area contributed by atoms with Gasteiger partial charge in [0, 0.05) is 23.9 Å². The number of rotatable bonds is 6. The van der Waals surface area contributed by atoms with Crippen LogP contribution in [0.4, 0.5) is 5.69 Å². The third-order valence-corrected chi connectivity index (χ3v) is 5.01. The summed E-state index contributed by atoms with van der Waals surface area (Å²) in [5, 5.41) is 30.3. The molecule has 5 N–H and O–H groups in total. The van der Waals surface area contributed by atoms with E-state index >= 15 is 0 Å². The zero-order valence-corrected chi connectivity index (χ0v) is 16.5. The smallest absolute Gasteiger partial charge is 0.512 e. The second-order valence-electron chi connectivity index (χ2n) is 7.26. The molecule has 158 valence electrons. The van der Waals surface area contributed by atoms with Crippen LogP contribution in [-0.2, 0) is 17.6 Å². The molecule has 1 aromatic heterocycles. The molecular formula is C21H21BN4O5. The first-order valence-corrected chi connectivity index (χ1v) is 9.83. The lowest BCUT2D eigenvalue weighted by molar-refractivity contribution is -0.118. The fraction of sp³-hybridized carbons (Fsp3) is 0.190. The zero-order chi connectivity index (χ0) is 21.8. The van der Waals surface area contributed by atoms with Crippen LogP contribution in [0.25, 0.3) is 0 Å². The summed E-state index contributed by atoms with van der Waals surface area (Å²) < 4.78 is 4.83. The van der Waals surface area contributed by atoms with E-state index in [1.54, 1.807) is 18.2 Å². The summed E-state index contributed by atoms with van der Waals surface area (Å²) in [6, 6.07) is 15.6. The third kappa shape index (κ3) is 5.11. The van der Waals surface area contributed by atoms with Gasteiger partial charge in [-0.2, -0.15) is 5.10 Å². The van der Waals surface area contributed by atoms with Crippen LogP contribution < -0.4 is 15.3 Å². The molecule has 0 unspecified atom stereocenters. The van der Waals surface area contributed by atoms with Crippen LogP contribution in [0, 0.1) is 0 Å². The van der Waals surface area contributed by atoms with Crippen molar-refractivity contribution in [3.8, 4) is 5.75 Å². The van der Waals surface area contributed by atoms with E-state index in [4.69, 9.17) is 14.7 Å². The number of nitrogens with zero attached hydrogens (tertiary/aromatic N) is 1. The molecule has 0 saturated carbocycles. The first-order chi connectivity index (χ1) is 15.0. The molecule has 1 aliphatic heterocycles. The summed E-state index contributed by atoms with van der Waals surface area (Å²) in [6.07, 6.45) is 1.57. The molecule has 0 radical (unpaired) electrons. The van der Waals surface area contributed by atoms with Crippen molar-refractivity contribution < 1.29 is 24.3 Å². The molecule has 31 heavy (non-hydrogen) atoms. The maximum Gasteiger partial charge on any atom is 0.707 e. The van der Waals surface area contributed by atoms with Crippen molar-refractivity contribution in [3.63, 3.8) is 0 Å². The number of aromatic nitrogens is 2. The Kier molecular flexibility index (Phi) is 6.01. The Labute approximate surface area is 178 Å². The number of fused-ring (bicyclic) bond motifs is 1. The van der Waals surface area contributed by atoms with Gasteiger partial charge in [0.25, 0.3) is 5.91 Å². The van der Waals surface area contributed by atoms with Gasteiger partial charge in [-0.05, 0) is 36.1 Å². The molecule has 2 aromatic carbocycles. The Bertz CT molecular complexity index is 1090. The Hall–Kier alpha value is -3.63. The minimum atomic E-state index is -1.95. The number of hydrogen-bond acceptors (Lipinski definition) is 6. The van der Waals surface area contributed by atoms with Gasteiger partial charge in [-0.3, -0.25) is 14.7 Å². The number of nitrogens with one attached hydrogen (secondary N) is 3. The van der Waals surface area contributed by atoms with Crippen molar-refractivity contribution >= 4 is 24.8 Å². The summed E-state index contributed by atoms with van der Waals surface area (Å²) >= 11 is 0. The zero-order valence-electron chi connectivity index (χ0n) is 16.5. The van der Waals surface area contributed by atoms with E-state index in [0.29, 0.717) is 24.9 Å². The van der Waals surface area contributed by atoms with Crippen molar-refractivity contribution in [2.45, 2.75) is 25.3 Å². The van der Waals surface area contributed by atoms with Crippen LogP contribution in [0.2, 0.25) is 0 Å². The monoisotopic (exact) mass is 420 g/mol. The third-order valence-electron chi connectivity index (χ3n) is 5.01. The van der Waals surface area contributed by atoms with Gasteiger partial charge in [0.1, 0.15) is 17.5 Å². The molecule has 1 aliphatic rings. The summed E-state index contributed by atoms with van der Waals surface area (Å²) in [6.45, 7) is 0. The van der Waals surface area contributed by atoms with Crippen molar-refractivity contribution in [1.29, 1.82) is 0 Å². The average Bonchev–Trinajstić information content (AvgIpc) is 3.15. The number of anilines is 1. The lowest BCUT2D eigenvalue weighted by Gasteiger charge is -2.14. The van der Waals surface area contributed by atoms with E-state index in [2.05, 4.69) is 20.8 Å². The molecule has 0 aliphatic carbocycles. The van der Waals surface area contributed by atoms with Gasteiger partial charge in [-0.1, -0.05) is 36.4 Å². The molecule has 2 heterocycles. The van der Waals surface area contributed by atoms with Crippen molar-refractivity contribution in [2.75, 3.05) is 5.32 Å². The van der Waals surface area contributed by atoms with Crippen LogP contribution in [0.5, 0.6) is 5.75 Å². The van der Waals surface area contributed by atoms with Crippen LogP contribution in [0.15, 0.2) is 54.6 Å². The Morgan fingerprint density at radius 3 is 2.77 bits per heavy atom. The first-order valence-electron chi connectivity index (χ1n) is 9.83. The lowest BCUT2D eigenvalue weighted by Crippen LogP contribution is -2.43. The lowest BCUT2D eigenvalue weighted by atomic mass is 10.1. The number of aryl methyl sites for hydroxylation is 1. The first kappa shape index (κ1) is 20.6. The SMILES string of the molecule is O=C(N[C@H]1CCc2ccc(OB(O)O)cc2NC1=O)c1cc(Cc2ccccc2)[nH]n1. The fourth-order valence-electron chi connectivity index (χ4n) is 3.49. The molecule has 0 fully saturated rings. The number of aromatic amines is 1. The van der Waals surface area contributed by atoms with E-state index in [0.717, 1.165) is 16.8 Å². The molecule has 0 spiro atoms. The Morgan fingerprint density at radius 2 is 2.00 bits per heavy atom. The molecule has 9 nitrogen and oxygen atoms in total. The minimum Gasteiger partial charge on any atom is -0.512 e. The van der Waals surface area contributed by atoms with E-state index in [1.165, 1.54) is 6.07 Å². The molecule has 3 aromatic rings. The quantitative estimate of drug-likeness (QED) is 0.378. The molecular weight excluding hydrogens is 399 g/mol. The van der Waals surface area contributed by atoms with Crippen LogP contribution in [0.3, 0.4) is 0 Å². The van der Waals surface area contributed by atoms with Crippen molar-refractivity contribution in [2.24, 2.45) is 0 Å². The predicted octanol–water partition coefficient (Wildman–Crippen LogP) is 1.03. The molecule has 0 bridgehead atoms. The van der Waals surface area contributed by atoms with Gasteiger partial charge in [-0.15, -0.1) is 0 Å². The second-order valence-corrected chi connectivity index (χ2v) is 7.26. The second kappa shape index (κ2) is 9.03. The van der Waals surface area contributed by atoms with Crippen molar-refractivity contribution in [1.82, 2.24) is 15.5 Å². The van der Waals surface area contributed by atoms with Gasteiger partial charge < -0.3 is 25.3 Å². The molecule has 4 rings (SSSR count). The van der Waals surface area contributed by atoms with Crippen LogP contribution in [-0.4, -0.2) is 45.4 Å². The number of amides is 2. The fourth-order valence-corrected chi connectivity index (χ4v) is 3.49. The maximum atomic E-state index is 12.6. The van der Waals surface area contributed by atoms with Gasteiger partial charge in [0.05, 0.1) is 0 Å². The average molecular weight is 420 g/mol. The summed E-state index contributed by atoms with van der Waals surface area (Å²) in [5.74, 6) is -0.595. The highest BCUT2D eigenvalue weighted by Gasteiger charge is 2.27. The molecule has 0 saturated heterocycles. The highest BCUT2D eigenvalue weighted by molar-refractivity contribution is 6.33. The van der Waals surface area contributed by atoms with Crippen LogP contribution in [0.1, 0.15) is 33.7 Å². The summed E-state index contributed by atoms with van der Waals surface area (Å²) in [4.78, 5) is 25.3. The minimum absolute atomic E-state index is 0.207. The van der Waals surface area contributed by atoms with Gasteiger partial charge >= 0.3 is 7.32 Å². The molecule has 2 amide bonds. The summed E-state index contributed by atoms with van der Waals surface area (Å²) in [7, 11) is -1.95. The number of benzene rings is 2. The molecule has 1 atom stereocenters. The molecule has 10 heteroatoms. The van der Waals surface area contributed by atoms with E-state index in [-0.39, 0.29) is 17.4 Å². The van der Waals surface area contributed by atoms with E-state index in [1.807, 2.05) is 30.3 Å². The Balaban J connectivity index is 1.40. The van der Waals surface area contributed by atoms with Gasteiger partial charge in [0.2, 0.25) is 5.91 Å². The van der Waals surface area contributed by atoms with Crippen LogP contribution >= 0.6 is 0 Å². The number of carbonyl (C=O) groups excluding carboxylic acids is 2. The number of hydrogen-bond donors (Lipinski definition) is 5. The van der Waals surface area contributed by atoms with E-state index in [9.17, 15) is 9.59 Å². The summed E-state index contributed by atoms with van der Waals surface area (Å²) in [5.41, 5.74) is 3.47.